The Hall–Kier alpha value is -2.65. The molecular weight excluding hydrogens is 361 g/mol. The number of pyridine rings is 1. The van der Waals surface area contributed by atoms with Crippen LogP contribution in [0.4, 0.5) is 13.2 Å². The number of nitrogens with two attached hydrogens (primary N) is 2. The maximum absolute atomic E-state index is 13.0. The molecule has 1 fully saturated rings. The Morgan fingerprint density at radius 2 is 2.07 bits per heavy atom. The third kappa shape index (κ3) is 4.55. The molecule has 1 aromatic heterocycles. The summed E-state index contributed by atoms with van der Waals surface area (Å²) in [7, 11) is 0. The summed E-state index contributed by atoms with van der Waals surface area (Å²) in [4.78, 5) is 17.6. The Morgan fingerprint density at radius 1 is 1.30 bits per heavy atom. The van der Waals surface area contributed by atoms with Crippen LogP contribution in [0.2, 0.25) is 0 Å². The van der Waals surface area contributed by atoms with Gasteiger partial charge < -0.3 is 21.1 Å². The van der Waals surface area contributed by atoms with E-state index in [0.717, 1.165) is 12.5 Å². The standard InChI is InChI=1S/C18H19F3N4O2/c19-18(20,21)15-6-11(9-22)7-16(24-15)27-14-3-1-2-12(8-14)17(26)25-5-4-13(23)10-25/h1-3,6-8,13H,4-5,9-10,22-23H2/t13-/m1/s1. The molecule has 9 heteroatoms. The summed E-state index contributed by atoms with van der Waals surface area (Å²) >= 11 is 0. The molecule has 1 aliphatic rings. The SMILES string of the molecule is NCc1cc(Oc2cccc(C(=O)N3CC[C@@H](N)C3)c2)nc(C(F)(F)F)c1. The van der Waals surface area contributed by atoms with Gasteiger partial charge >= 0.3 is 6.18 Å². The van der Waals surface area contributed by atoms with Gasteiger partial charge in [-0.2, -0.15) is 13.2 Å². The topological polar surface area (TPSA) is 94.5 Å². The van der Waals surface area contributed by atoms with Crippen molar-refractivity contribution >= 4 is 5.91 Å². The number of hydrogen-bond donors (Lipinski definition) is 2. The van der Waals surface area contributed by atoms with Crippen molar-refractivity contribution in [2.24, 2.45) is 11.5 Å². The highest BCUT2D eigenvalue weighted by molar-refractivity contribution is 5.94. The molecule has 0 aliphatic carbocycles. The Morgan fingerprint density at radius 3 is 2.70 bits per heavy atom. The number of amides is 1. The molecule has 1 aromatic carbocycles. The highest BCUT2D eigenvalue weighted by atomic mass is 19.4. The molecule has 0 spiro atoms. The van der Waals surface area contributed by atoms with Gasteiger partial charge in [0.05, 0.1) is 0 Å². The minimum absolute atomic E-state index is 0.0441. The largest absolute Gasteiger partial charge is 0.439 e. The lowest BCUT2D eigenvalue weighted by Gasteiger charge is -2.16. The van der Waals surface area contributed by atoms with E-state index in [-0.39, 0.29) is 35.7 Å². The summed E-state index contributed by atoms with van der Waals surface area (Å²) in [5, 5.41) is 0. The molecule has 1 atom stereocenters. The van der Waals surface area contributed by atoms with E-state index in [1.165, 1.54) is 18.2 Å². The first-order chi connectivity index (χ1) is 12.8. The van der Waals surface area contributed by atoms with Crippen LogP contribution in [0, 0.1) is 0 Å². The first-order valence-corrected chi connectivity index (χ1v) is 8.37. The minimum Gasteiger partial charge on any atom is -0.439 e. The third-order valence-corrected chi connectivity index (χ3v) is 4.20. The number of likely N-dealkylation sites (tertiary alicyclic amines) is 1. The second-order valence-corrected chi connectivity index (χ2v) is 6.33. The number of nitrogens with zero attached hydrogens (tertiary/aromatic N) is 2. The van der Waals surface area contributed by atoms with Gasteiger partial charge in [-0.05, 0) is 36.2 Å². The van der Waals surface area contributed by atoms with Gasteiger partial charge in [0, 0.05) is 37.3 Å². The fourth-order valence-electron chi connectivity index (χ4n) is 2.84. The highest BCUT2D eigenvalue weighted by Crippen LogP contribution is 2.31. The molecule has 0 unspecified atom stereocenters. The first-order valence-electron chi connectivity index (χ1n) is 8.37. The van der Waals surface area contributed by atoms with Gasteiger partial charge in [-0.1, -0.05) is 6.07 Å². The summed E-state index contributed by atoms with van der Waals surface area (Å²) in [5.74, 6) is -0.231. The maximum Gasteiger partial charge on any atom is 0.433 e. The molecule has 2 heterocycles. The molecule has 0 radical (unpaired) electrons. The Kier molecular flexibility index (Phi) is 5.33. The van der Waals surface area contributed by atoms with E-state index in [9.17, 15) is 18.0 Å². The van der Waals surface area contributed by atoms with Crippen LogP contribution in [0.1, 0.15) is 28.0 Å². The normalized spacial score (nSPS) is 17.2. The number of alkyl halides is 3. The van der Waals surface area contributed by atoms with Gasteiger partial charge in [-0.25, -0.2) is 4.98 Å². The lowest BCUT2D eigenvalue weighted by Crippen LogP contribution is -2.31. The Bertz CT molecular complexity index is 842. The third-order valence-electron chi connectivity index (χ3n) is 4.20. The van der Waals surface area contributed by atoms with E-state index in [2.05, 4.69) is 4.98 Å². The molecule has 144 valence electrons. The van der Waals surface area contributed by atoms with E-state index in [1.807, 2.05) is 0 Å². The summed E-state index contributed by atoms with van der Waals surface area (Å²) in [6.07, 6.45) is -3.88. The van der Waals surface area contributed by atoms with Gasteiger partial charge in [-0.3, -0.25) is 4.79 Å². The van der Waals surface area contributed by atoms with Crippen LogP contribution in [-0.4, -0.2) is 34.9 Å². The number of ether oxygens (including phenoxy) is 1. The van der Waals surface area contributed by atoms with Crippen LogP contribution >= 0.6 is 0 Å². The van der Waals surface area contributed by atoms with Crippen LogP contribution in [-0.2, 0) is 12.7 Å². The zero-order chi connectivity index (χ0) is 19.6. The number of hydrogen-bond acceptors (Lipinski definition) is 5. The lowest BCUT2D eigenvalue weighted by atomic mass is 10.2. The van der Waals surface area contributed by atoms with E-state index >= 15 is 0 Å². The van der Waals surface area contributed by atoms with Crippen LogP contribution in [0.25, 0.3) is 0 Å². The highest BCUT2D eigenvalue weighted by Gasteiger charge is 2.33. The second kappa shape index (κ2) is 7.53. The first kappa shape index (κ1) is 19.1. The van der Waals surface area contributed by atoms with Crippen LogP contribution in [0.3, 0.4) is 0 Å². The van der Waals surface area contributed by atoms with Crippen molar-refractivity contribution in [3.63, 3.8) is 0 Å². The van der Waals surface area contributed by atoms with Gasteiger partial charge in [0.25, 0.3) is 5.91 Å². The van der Waals surface area contributed by atoms with Gasteiger partial charge in [-0.15, -0.1) is 0 Å². The summed E-state index contributed by atoms with van der Waals surface area (Å²) in [6.45, 7) is 0.953. The van der Waals surface area contributed by atoms with Crippen molar-refractivity contribution in [1.82, 2.24) is 9.88 Å². The van der Waals surface area contributed by atoms with Crippen LogP contribution in [0.5, 0.6) is 11.6 Å². The number of carbonyl (C=O) groups excluding carboxylic acids is 1. The fourth-order valence-corrected chi connectivity index (χ4v) is 2.84. The van der Waals surface area contributed by atoms with Crippen molar-refractivity contribution in [2.45, 2.75) is 25.2 Å². The fraction of sp³-hybridized carbons (Fsp3) is 0.333. The quantitative estimate of drug-likeness (QED) is 0.850. The van der Waals surface area contributed by atoms with Crippen molar-refractivity contribution < 1.29 is 22.7 Å². The van der Waals surface area contributed by atoms with Crippen molar-refractivity contribution in [1.29, 1.82) is 0 Å². The average molecular weight is 380 g/mol. The van der Waals surface area contributed by atoms with Crippen molar-refractivity contribution in [2.75, 3.05) is 13.1 Å². The van der Waals surface area contributed by atoms with Crippen LogP contribution in [0.15, 0.2) is 36.4 Å². The molecule has 1 saturated heterocycles. The maximum atomic E-state index is 13.0. The molecule has 6 nitrogen and oxygen atoms in total. The Labute approximate surface area is 153 Å². The number of carbonyl (C=O) groups is 1. The second-order valence-electron chi connectivity index (χ2n) is 6.33. The van der Waals surface area contributed by atoms with E-state index in [0.29, 0.717) is 18.7 Å². The lowest BCUT2D eigenvalue weighted by molar-refractivity contribution is -0.141. The molecule has 4 N–H and O–H groups in total. The molecule has 1 aliphatic heterocycles. The van der Waals surface area contributed by atoms with Gasteiger partial charge in [0.15, 0.2) is 0 Å². The number of rotatable bonds is 4. The molecule has 2 aromatic rings. The molecule has 27 heavy (non-hydrogen) atoms. The molecular formula is C18H19F3N4O2. The number of benzene rings is 1. The molecule has 0 bridgehead atoms. The van der Waals surface area contributed by atoms with Gasteiger partial charge in [0.1, 0.15) is 11.4 Å². The van der Waals surface area contributed by atoms with E-state index in [4.69, 9.17) is 16.2 Å². The minimum atomic E-state index is -4.62. The summed E-state index contributed by atoms with van der Waals surface area (Å²) in [6, 6.07) is 8.39. The Balaban J connectivity index is 1.83. The predicted octanol–water partition coefficient (Wildman–Crippen LogP) is 2.52. The molecule has 1 amide bonds. The van der Waals surface area contributed by atoms with Crippen molar-refractivity contribution in [3.8, 4) is 11.6 Å². The summed E-state index contributed by atoms with van der Waals surface area (Å²) < 4.78 is 44.4. The monoisotopic (exact) mass is 380 g/mol. The number of halogens is 3. The van der Waals surface area contributed by atoms with Crippen LogP contribution < -0.4 is 16.2 Å². The molecule has 0 saturated carbocycles. The van der Waals surface area contributed by atoms with E-state index < -0.39 is 11.9 Å². The average Bonchev–Trinajstić information content (AvgIpc) is 3.06. The van der Waals surface area contributed by atoms with Gasteiger partial charge in [0.2, 0.25) is 5.88 Å². The van der Waals surface area contributed by atoms with Crippen molar-refractivity contribution in [3.05, 3.63) is 53.2 Å². The zero-order valence-electron chi connectivity index (χ0n) is 14.4. The smallest absolute Gasteiger partial charge is 0.433 e. The zero-order valence-corrected chi connectivity index (χ0v) is 14.4. The number of aromatic nitrogens is 1. The predicted molar refractivity (Wildman–Crippen MR) is 92.1 cm³/mol. The molecule has 3 rings (SSSR count). The summed E-state index contributed by atoms with van der Waals surface area (Å²) in [5.41, 5.74) is 10.8. The van der Waals surface area contributed by atoms with E-state index in [1.54, 1.807) is 17.0 Å².